The fourth-order valence-electron chi connectivity index (χ4n) is 4.58. The molecule has 0 amide bonds. The molecule has 0 N–H and O–H groups in total. The Labute approximate surface area is 237 Å². The third kappa shape index (κ3) is 8.70. The van der Waals surface area contributed by atoms with Gasteiger partial charge >= 0.3 is 11.9 Å². The molecule has 0 aromatic heterocycles. The van der Waals surface area contributed by atoms with E-state index >= 15 is 0 Å². The standard InChI is InChI=1S/C35H38O5/c1-2-3-4-5-6-7-8-12-24-38-31-22-23-32-29(25-31)16-13-17-33(32)35(37)40-30-20-18-28(19-21-30)34(36)39-26-27-14-10-9-11-15-27/h9-11,13-23,25H,2-8,12,24,26H2,1H3. The van der Waals surface area contributed by atoms with Crippen molar-refractivity contribution in [2.75, 3.05) is 6.61 Å². The molecule has 5 nitrogen and oxygen atoms in total. The lowest BCUT2D eigenvalue weighted by Crippen LogP contribution is -2.10. The maximum Gasteiger partial charge on any atom is 0.344 e. The van der Waals surface area contributed by atoms with Crippen LogP contribution in [0, 0.1) is 0 Å². The van der Waals surface area contributed by atoms with Crippen LogP contribution < -0.4 is 9.47 Å². The lowest BCUT2D eigenvalue weighted by Gasteiger charge is -2.10. The van der Waals surface area contributed by atoms with Gasteiger partial charge < -0.3 is 14.2 Å². The van der Waals surface area contributed by atoms with Crippen LogP contribution in [0.3, 0.4) is 0 Å². The number of carbonyl (C=O) groups excluding carboxylic acids is 2. The Morgan fingerprint density at radius 3 is 2.10 bits per heavy atom. The predicted molar refractivity (Wildman–Crippen MR) is 159 cm³/mol. The summed E-state index contributed by atoms with van der Waals surface area (Å²) in [7, 11) is 0. The van der Waals surface area contributed by atoms with E-state index in [9.17, 15) is 9.59 Å². The molecule has 0 fully saturated rings. The lowest BCUT2D eigenvalue weighted by atomic mass is 10.0. The zero-order chi connectivity index (χ0) is 28.0. The van der Waals surface area contributed by atoms with Crippen molar-refractivity contribution in [1.82, 2.24) is 0 Å². The zero-order valence-corrected chi connectivity index (χ0v) is 23.3. The van der Waals surface area contributed by atoms with Crippen LogP contribution >= 0.6 is 0 Å². The summed E-state index contributed by atoms with van der Waals surface area (Å²) >= 11 is 0. The molecule has 0 aliphatic rings. The molecule has 0 saturated carbocycles. The number of unbranched alkanes of at least 4 members (excludes halogenated alkanes) is 7. The summed E-state index contributed by atoms with van der Waals surface area (Å²) in [5, 5.41) is 1.72. The third-order valence-electron chi connectivity index (χ3n) is 6.85. The van der Waals surface area contributed by atoms with Gasteiger partial charge in [-0.2, -0.15) is 0 Å². The second-order valence-electron chi connectivity index (χ2n) is 9.99. The van der Waals surface area contributed by atoms with Gasteiger partial charge in [-0.1, -0.05) is 94.3 Å². The highest BCUT2D eigenvalue weighted by Gasteiger charge is 2.14. The molecule has 0 atom stereocenters. The number of fused-ring (bicyclic) bond motifs is 1. The Bertz CT molecular complexity index is 1360. The van der Waals surface area contributed by atoms with Crippen molar-refractivity contribution in [1.29, 1.82) is 0 Å². The maximum absolute atomic E-state index is 13.0. The van der Waals surface area contributed by atoms with Crippen molar-refractivity contribution >= 4 is 22.7 Å². The van der Waals surface area contributed by atoms with Crippen molar-refractivity contribution in [3.05, 3.63) is 108 Å². The molecule has 0 bridgehead atoms. The fourth-order valence-corrected chi connectivity index (χ4v) is 4.58. The summed E-state index contributed by atoms with van der Waals surface area (Å²) < 4.78 is 17.0. The van der Waals surface area contributed by atoms with Gasteiger partial charge in [0.05, 0.1) is 17.7 Å². The molecule has 0 saturated heterocycles. The molecular formula is C35H38O5. The summed E-state index contributed by atoms with van der Waals surface area (Å²) in [5.41, 5.74) is 1.78. The van der Waals surface area contributed by atoms with Gasteiger partial charge in [0.2, 0.25) is 0 Å². The first-order chi connectivity index (χ1) is 19.6. The first-order valence-electron chi connectivity index (χ1n) is 14.3. The van der Waals surface area contributed by atoms with Gasteiger partial charge in [0.1, 0.15) is 18.1 Å². The Hall–Kier alpha value is -4.12. The summed E-state index contributed by atoms with van der Waals surface area (Å²) in [6.07, 6.45) is 10.1. The minimum absolute atomic E-state index is 0.198. The van der Waals surface area contributed by atoms with Gasteiger partial charge in [0.15, 0.2) is 0 Å². The van der Waals surface area contributed by atoms with E-state index in [-0.39, 0.29) is 6.61 Å². The minimum Gasteiger partial charge on any atom is -0.494 e. The van der Waals surface area contributed by atoms with E-state index in [1.54, 1.807) is 30.3 Å². The van der Waals surface area contributed by atoms with Crippen LogP contribution in [0.2, 0.25) is 0 Å². The van der Waals surface area contributed by atoms with E-state index in [1.807, 2.05) is 60.7 Å². The van der Waals surface area contributed by atoms with Crippen molar-refractivity contribution in [3.8, 4) is 11.5 Å². The van der Waals surface area contributed by atoms with E-state index in [0.29, 0.717) is 23.5 Å². The van der Waals surface area contributed by atoms with Crippen LogP contribution in [0.25, 0.3) is 10.8 Å². The van der Waals surface area contributed by atoms with Crippen molar-refractivity contribution in [2.45, 2.75) is 64.9 Å². The summed E-state index contributed by atoms with van der Waals surface area (Å²) in [6.45, 7) is 3.13. The Kier molecular flexibility index (Phi) is 11.2. The van der Waals surface area contributed by atoms with E-state index in [0.717, 1.165) is 28.5 Å². The smallest absolute Gasteiger partial charge is 0.344 e. The first kappa shape index (κ1) is 28.9. The largest absolute Gasteiger partial charge is 0.494 e. The average molecular weight is 539 g/mol. The van der Waals surface area contributed by atoms with Crippen LogP contribution in [0.5, 0.6) is 11.5 Å². The monoisotopic (exact) mass is 538 g/mol. The first-order valence-corrected chi connectivity index (χ1v) is 14.3. The fraction of sp³-hybridized carbons (Fsp3) is 0.314. The number of rotatable bonds is 15. The van der Waals surface area contributed by atoms with Crippen molar-refractivity contribution in [3.63, 3.8) is 0 Å². The molecule has 4 rings (SSSR count). The van der Waals surface area contributed by atoms with E-state index in [4.69, 9.17) is 14.2 Å². The highest BCUT2D eigenvalue weighted by atomic mass is 16.5. The van der Waals surface area contributed by atoms with E-state index in [2.05, 4.69) is 6.92 Å². The molecule has 208 valence electrons. The van der Waals surface area contributed by atoms with Gasteiger partial charge in [0, 0.05) is 0 Å². The molecule has 0 radical (unpaired) electrons. The molecule has 0 unspecified atom stereocenters. The summed E-state index contributed by atoms with van der Waals surface area (Å²) in [4.78, 5) is 25.4. The minimum atomic E-state index is -0.461. The predicted octanol–water partition coefficient (Wildman–Crippen LogP) is 8.94. The quantitative estimate of drug-likeness (QED) is 0.0859. The van der Waals surface area contributed by atoms with E-state index < -0.39 is 11.9 Å². The molecule has 0 aliphatic carbocycles. The SMILES string of the molecule is CCCCCCCCCCOc1ccc2c(C(=O)Oc3ccc(C(=O)OCc4ccccc4)cc3)cccc2c1. The van der Waals surface area contributed by atoms with E-state index in [1.165, 1.54) is 44.9 Å². The summed E-state index contributed by atoms with van der Waals surface area (Å²) in [6, 6.07) is 27.2. The van der Waals surface area contributed by atoms with Crippen molar-refractivity contribution in [2.24, 2.45) is 0 Å². The zero-order valence-electron chi connectivity index (χ0n) is 23.3. The van der Waals surface area contributed by atoms with Crippen LogP contribution in [-0.2, 0) is 11.3 Å². The second-order valence-corrected chi connectivity index (χ2v) is 9.99. The molecule has 5 heteroatoms. The molecule has 0 heterocycles. The number of esters is 2. The molecule has 4 aromatic carbocycles. The van der Waals surface area contributed by atoms with Gasteiger partial charge in [0.25, 0.3) is 0 Å². The highest BCUT2D eigenvalue weighted by molar-refractivity contribution is 6.05. The molecule has 40 heavy (non-hydrogen) atoms. The topological polar surface area (TPSA) is 61.8 Å². The average Bonchev–Trinajstić information content (AvgIpc) is 2.99. The van der Waals surface area contributed by atoms with Gasteiger partial charge in [-0.25, -0.2) is 9.59 Å². The molecule has 4 aromatic rings. The number of hydrogen-bond acceptors (Lipinski definition) is 5. The maximum atomic E-state index is 13.0. The Balaban J connectivity index is 1.27. The number of ether oxygens (including phenoxy) is 3. The van der Waals surface area contributed by atoms with Crippen LogP contribution in [0.4, 0.5) is 0 Å². The second kappa shape index (κ2) is 15.5. The van der Waals surface area contributed by atoms with Gasteiger partial charge in [-0.15, -0.1) is 0 Å². The normalized spacial score (nSPS) is 10.8. The number of hydrogen-bond donors (Lipinski definition) is 0. The number of carbonyl (C=O) groups is 2. The Morgan fingerprint density at radius 1 is 0.650 bits per heavy atom. The van der Waals surface area contributed by atoms with Crippen molar-refractivity contribution < 1.29 is 23.8 Å². The molecule has 0 aliphatic heterocycles. The van der Waals surface area contributed by atoms with Crippen LogP contribution in [-0.4, -0.2) is 18.5 Å². The highest BCUT2D eigenvalue weighted by Crippen LogP contribution is 2.26. The van der Waals surface area contributed by atoms with Gasteiger partial charge in [-0.3, -0.25) is 0 Å². The lowest BCUT2D eigenvalue weighted by molar-refractivity contribution is 0.0472. The molecule has 0 spiro atoms. The third-order valence-corrected chi connectivity index (χ3v) is 6.85. The van der Waals surface area contributed by atoms with Gasteiger partial charge in [-0.05, 0) is 71.3 Å². The summed E-state index contributed by atoms with van der Waals surface area (Å²) in [5.74, 6) is 0.261. The van der Waals surface area contributed by atoms with Crippen LogP contribution in [0.15, 0.2) is 91.0 Å². The van der Waals surface area contributed by atoms with Crippen LogP contribution in [0.1, 0.15) is 84.6 Å². The Morgan fingerprint density at radius 2 is 1.35 bits per heavy atom. The number of benzene rings is 4. The molecular weight excluding hydrogens is 500 g/mol.